The molecule has 0 fully saturated rings. The molecule has 0 radical (unpaired) electrons. The smallest absolute Gasteiger partial charge is 0.151 e. The van der Waals surface area contributed by atoms with Gasteiger partial charge in [-0.3, -0.25) is 0 Å². The van der Waals surface area contributed by atoms with Gasteiger partial charge in [0.1, 0.15) is 30.2 Å². The molecule has 2 heterocycles. The number of nitrogens with zero attached hydrogens (tertiary/aromatic N) is 3. The highest BCUT2D eigenvalue weighted by molar-refractivity contribution is 5.65. The van der Waals surface area contributed by atoms with Gasteiger partial charge in [-0.15, -0.1) is 0 Å². The van der Waals surface area contributed by atoms with Crippen molar-refractivity contribution in [2.45, 2.75) is 31.7 Å². The van der Waals surface area contributed by atoms with Crippen LogP contribution in [0.1, 0.15) is 19.5 Å². The van der Waals surface area contributed by atoms with Crippen LogP contribution in [0.2, 0.25) is 0 Å². The SMILES string of the molecule is CC(O)[C@@H](CO)O[C@](C)(CF)c1ccc2c(N)ncnn12. The molecule has 0 aromatic carbocycles. The summed E-state index contributed by atoms with van der Waals surface area (Å²) in [6.07, 6.45) is -0.579. The molecule has 0 saturated carbocycles. The monoisotopic (exact) mass is 298 g/mol. The number of hydrogen-bond acceptors (Lipinski definition) is 6. The van der Waals surface area contributed by atoms with Crippen molar-refractivity contribution in [3.8, 4) is 0 Å². The van der Waals surface area contributed by atoms with Crippen molar-refractivity contribution >= 4 is 11.3 Å². The van der Waals surface area contributed by atoms with Crippen LogP contribution in [-0.4, -0.2) is 50.3 Å². The molecule has 0 amide bonds. The standard InChI is InChI=1S/C13H19FN4O3/c1-8(20)10(5-19)21-13(2,6-14)11-4-3-9-12(15)16-7-17-18(9)11/h3-4,7-8,10,19-20H,5-6H2,1-2H3,(H2,15,16,17)/t8?,10-,13-/m1/s1. The summed E-state index contributed by atoms with van der Waals surface area (Å²) in [7, 11) is 0. The van der Waals surface area contributed by atoms with Crippen LogP contribution < -0.4 is 5.73 Å². The Morgan fingerprint density at radius 1 is 1.52 bits per heavy atom. The highest BCUT2D eigenvalue weighted by atomic mass is 19.1. The Labute approximate surface area is 121 Å². The van der Waals surface area contributed by atoms with E-state index in [1.807, 2.05) is 0 Å². The maximum atomic E-state index is 13.6. The number of nitrogen functional groups attached to an aromatic ring is 1. The number of nitrogens with two attached hydrogens (primary N) is 1. The van der Waals surface area contributed by atoms with Gasteiger partial charge in [0, 0.05) is 0 Å². The molecule has 0 aliphatic carbocycles. The minimum Gasteiger partial charge on any atom is -0.394 e. The van der Waals surface area contributed by atoms with Gasteiger partial charge < -0.3 is 20.7 Å². The van der Waals surface area contributed by atoms with Crippen molar-refractivity contribution in [2.24, 2.45) is 0 Å². The van der Waals surface area contributed by atoms with Crippen LogP contribution in [0.15, 0.2) is 18.5 Å². The van der Waals surface area contributed by atoms with Crippen molar-refractivity contribution in [1.82, 2.24) is 14.6 Å². The third-order valence-electron chi connectivity index (χ3n) is 3.41. The fraction of sp³-hybridized carbons (Fsp3) is 0.538. The first kappa shape index (κ1) is 15.6. The van der Waals surface area contributed by atoms with Crippen LogP contribution in [0.3, 0.4) is 0 Å². The summed E-state index contributed by atoms with van der Waals surface area (Å²) in [6, 6.07) is 3.30. The Hall–Kier alpha value is -1.77. The predicted octanol–water partition coefficient (Wildman–Crippen LogP) is 0.255. The van der Waals surface area contributed by atoms with Crippen LogP contribution >= 0.6 is 0 Å². The fourth-order valence-corrected chi connectivity index (χ4v) is 2.14. The molecule has 0 bridgehead atoms. The van der Waals surface area contributed by atoms with Gasteiger partial charge in [0.15, 0.2) is 5.82 Å². The maximum Gasteiger partial charge on any atom is 0.151 e. The van der Waals surface area contributed by atoms with Gasteiger partial charge in [-0.25, -0.2) is 13.9 Å². The summed E-state index contributed by atoms with van der Waals surface area (Å²) in [5.41, 5.74) is 5.33. The number of ether oxygens (including phenoxy) is 1. The van der Waals surface area contributed by atoms with Crippen LogP contribution in [0, 0.1) is 0 Å². The Balaban J connectivity index is 2.45. The second-order valence-electron chi connectivity index (χ2n) is 5.10. The quantitative estimate of drug-likeness (QED) is 0.706. The van der Waals surface area contributed by atoms with E-state index in [0.29, 0.717) is 11.2 Å². The first-order valence-electron chi connectivity index (χ1n) is 6.54. The summed E-state index contributed by atoms with van der Waals surface area (Å²) in [6.45, 7) is 1.72. The molecular weight excluding hydrogens is 279 g/mol. The molecule has 2 rings (SSSR count). The topological polar surface area (TPSA) is 106 Å². The highest BCUT2D eigenvalue weighted by Gasteiger charge is 2.35. The summed E-state index contributed by atoms with van der Waals surface area (Å²) < 4.78 is 20.7. The average molecular weight is 298 g/mol. The zero-order valence-corrected chi connectivity index (χ0v) is 11.9. The van der Waals surface area contributed by atoms with Crippen molar-refractivity contribution in [3.05, 3.63) is 24.2 Å². The van der Waals surface area contributed by atoms with E-state index in [2.05, 4.69) is 10.1 Å². The second-order valence-corrected chi connectivity index (χ2v) is 5.10. The molecule has 0 aliphatic rings. The van der Waals surface area contributed by atoms with Crippen molar-refractivity contribution in [3.63, 3.8) is 0 Å². The van der Waals surface area contributed by atoms with Crippen molar-refractivity contribution < 1.29 is 19.3 Å². The lowest BCUT2D eigenvalue weighted by molar-refractivity contribution is -0.152. The third-order valence-corrected chi connectivity index (χ3v) is 3.41. The summed E-state index contributed by atoms with van der Waals surface area (Å²) >= 11 is 0. The van der Waals surface area contributed by atoms with E-state index >= 15 is 0 Å². The largest absolute Gasteiger partial charge is 0.394 e. The summed E-state index contributed by atoms with van der Waals surface area (Å²) in [4.78, 5) is 3.87. The van der Waals surface area contributed by atoms with Crippen LogP contribution in [0.5, 0.6) is 0 Å². The molecular formula is C13H19FN4O3. The Morgan fingerprint density at radius 3 is 2.81 bits per heavy atom. The maximum absolute atomic E-state index is 13.6. The zero-order valence-electron chi connectivity index (χ0n) is 11.9. The number of anilines is 1. The first-order valence-corrected chi connectivity index (χ1v) is 6.54. The lowest BCUT2D eigenvalue weighted by Gasteiger charge is -2.32. The summed E-state index contributed by atoms with van der Waals surface area (Å²) in [5, 5.41) is 22.9. The molecule has 2 aromatic heterocycles. The minimum atomic E-state index is -1.38. The number of aliphatic hydroxyl groups is 2. The molecule has 21 heavy (non-hydrogen) atoms. The Morgan fingerprint density at radius 2 is 2.24 bits per heavy atom. The van der Waals surface area contributed by atoms with Crippen LogP contribution in [0.4, 0.5) is 10.2 Å². The summed E-state index contributed by atoms with van der Waals surface area (Å²) in [5.74, 6) is 0.270. The lowest BCUT2D eigenvalue weighted by atomic mass is 10.0. The third kappa shape index (κ3) is 2.82. The number of alkyl halides is 1. The molecule has 4 N–H and O–H groups in total. The van der Waals surface area contributed by atoms with E-state index in [9.17, 15) is 14.6 Å². The van der Waals surface area contributed by atoms with E-state index in [0.717, 1.165) is 0 Å². The number of rotatable bonds is 6. The molecule has 0 saturated heterocycles. The number of aromatic nitrogens is 3. The predicted molar refractivity (Wildman–Crippen MR) is 74.4 cm³/mol. The molecule has 7 nitrogen and oxygen atoms in total. The van der Waals surface area contributed by atoms with E-state index < -0.39 is 31.1 Å². The Bertz CT molecular complexity index is 618. The highest BCUT2D eigenvalue weighted by Crippen LogP contribution is 2.30. The van der Waals surface area contributed by atoms with Gasteiger partial charge in [-0.2, -0.15) is 5.10 Å². The van der Waals surface area contributed by atoms with E-state index in [4.69, 9.17) is 10.5 Å². The van der Waals surface area contributed by atoms with Crippen molar-refractivity contribution in [2.75, 3.05) is 19.0 Å². The van der Waals surface area contributed by atoms with Gasteiger partial charge in [0.05, 0.1) is 18.4 Å². The molecule has 1 unspecified atom stereocenters. The van der Waals surface area contributed by atoms with Crippen molar-refractivity contribution in [1.29, 1.82) is 0 Å². The van der Waals surface area contributed by atoms with Gasteiger partial charge in [-0.05, 0) is 26.0 Å². The van der Waals surface area contributed by atoms with E-state index in [-0.39, 0.29) is 5.82 Å². The fourth-order valence-electron chi connectivity index (χ4n) is 2.14. The van der Waals surface area contributed by atoms with Gasteiger partial charge in [0.2, 0.25) is 0 Å². The van der Waals surface area contributed by atoms with Gasteiger partial charge in [0.25, 0.3) is 0 Å². The average Bonchev–Trinajstić information content (AvgIpc) is 2.90. The van der Waals surface area contributed by atoms with Crippen LogP contribution in [-0.2, 0) is 10.3 Å². The molecule has 8 heteroatoms. The number of hydrogen-bond donors (Lipinski definition) is 3. The number of fused-ring (bicyclic) bond motifs is 1. The van der Waals surface area contributed by atoms with Gasteiger partial charge in [-0.1, -0.05) is 0 Å². The number of aliphatic hydroxyl groups excluding tert-OH is 2. The van der Waals surface area contributed by atoms with E-state index in [1.54, 1.807) is 12.1 Å². The van der Waals surface area contributed by atoms with E-state index in [1.165, 1.54) is 24.7 Å². The Kier molecular flexibility index (Phi) is 4.40. The molecule has 116 valence electrons. The normalized spacial score (nSPS) is 17.6. The minimum absolute atomic E-state index is 0.270. The first-order chi connectivity index (χ1) is 9.92. The lowest BCUT2D eigenvalue weighted by Crippen LogP contribution is -2.41. The number of halogens is 1. The molecule has 0 aliphatic heterocycles. The molecule has 0 spiro atoms. The van der Waals surface area contributed by atoms with Crippen LogP contribution in [0.25, 0.3) is 5.52 Å². The van der Waals surface area contributed by atoms with Gasteiger partial charge >= 0.3 is 0 Å². The molecule has 2 aromatic rings. The molecule has 3 atom stereocenters. The zero-order chi connectivity index (χ0) is 15.6. The second kappa shape index (κ2) is 5.92.